The zero-order valence-electron chi connectivity index (χ0n) is 17.0. The molecule has 1 fully saturated rings. The van der Waals surface area contributed by atoms with Crippen molar-refractivity contribution in [2.45, 2.75) is 45.9 Å². The van der Waals surface area contributed by atoms with Crippen LogP contribution in [0.3, 0.4) is 0 Å². The van der Waals surface area contributed by atoms with Crippen molar-refractivity contribution >= 4 is 5.69 Å². The molecule has 0 bridgehead atoms. The van der Waals surface area contributed by atoms with Crippen LogP contribution in [0.5, 0.6) is 17.2 Å². The highest BCUT2D eigenvalue weighted by Crippen LogP contribution is 2.39. The number of nitrogens with one attached hydrogen (secondary N) is 1. The Morgan fingerprint density at radius 2 is 1.86 bits per heavy atom. The first-order valence-electron chi connectivity index (χ1n) is 9.72. The van der Waals surface area contributed by atoms with Gasteiger partial charge in [0.2, 0.25) is 0 Å². The third-order valence-corrected chi connectivity index (χ3v) is 4.98. The zero-order chi connectivity index (χ0) is 20.5. The van der Waals surface area contributed by atoms with Gasteiger partial charge in [-0.3, -0.25) is 9.97 Å². The summed E-state index contributed by atoms with van der Waals surface area (Å²) in [7, 11) is 0. The number of aromatic hydroxyl groups is 1. The summed E-state index contributed by atoms with van der Waals surface area (Å²) in [6, 6.07) is 9.45. The van der Waals surface area contributed by atoms with Gasteiger partial charge in [0, 0.05) is 23.6 Å². The number of ether oxygens (including phenoxy) is 2. The van der Waals surface area contributed by atoms with Gasteiger partial charge in [-0.25, -0.2) is 0 Å². The second-order valence-corrected chi connectivity index (χ2v) is 7.67. The number of rotatable bonds is 6. The molecule has 1 saturated heterocycles. The number of hydrogen-bond acceptors (Lipinski definition) is 6. The number of phenolic OH excluding ortho intramolecular Hbond substituents is 1. The maximum atomic E-state index is 10.0. The molecule has 0 aliphatic carbocycles. The number of anilines is 1. The summed E-state index contributed by atoms with van der Waals surface area (Å²) < 4.78 is 11.9. The maximum absolute atomic E-state index is 10.0. The topological polar surface area (TPSA) is 79.8 Å². The summed E-state index contributed by atoms with van der Waals surface area (Å²) in [6.07, 6.45) is 4.86. The average molecular weight is 391 g/mol. The van der Waals surface area contributed by atoms with Crippen LogP contribution >= 0.6 is 0 Å². The minimum atomic E-state index is -0.108. The van der Waals surface area contributed by atoms with E-state index in [9.17, 15) is 5.11 Å². The highest BCUT2D eigenvalue weighted by atomic mass is 16.6. The maximum Gasteiger partial charge on any atom is 0.161 e. The molecule has 1 aliphatic rings. The van der Waals surface area contributed by atoms with Crippen molar-refractivity contribution in [3.63, 3.8) is 0 Å². The normalized spacial score (nSPS) is 18.0. The molecule has 2 atom stereocenters. The molecular weight excluding hydrogens is 366 g/mol. The van der Waals surface area contributed by atoms with Crippen LogP contribution in [0.2, 0.25) is 0 Å². The van der Waals surface area contributed by atoms with Crippen molar-refractivity contribution in [3.8, 4) is 17.2 Å². The van der Waals surface area contributed by atoms with Gasteiger partial charge < -0.3 is 19.9 Å². The standard InChI is InChI=1S/C23H25N3O3/c1-13(2)18-11-17(5-6-20(18)27)28-21-14(3)9-16(10-15(21)4)26-23-22(29-23)19-12-24-7-8-25-19/h5-13,22-23,26-27H,1-4H3. The van der Waals surface area contributed by atoms with Gasteiger partial charge in [-0.2, -0.15) is 0 Å². The zero-order valence-corrected chi connectivity index (χ0v) is 17.0. The van der Waals surface area contributed by atoms with E-state index in [1.807, 2.05) is 45.9 Å². The molecule has 2 N–H and O–H groups in total. The number of phenols is 1. The van der Waals surface area contributed by atoms with Crippen LogP contribution in [0.15, 0.2) is 48.9 Å². The van der Waals surface area contributed by atoms with Crippen LogP contribution < -0.4 is 10.1 Å². The Morgan fingerprint density at radius 3 is 2.52 bits per heavy atom. The van der Waals surface area contributed by atoms with Crippen molar-refractivity contribution in [2.75, 3.05) is 5.32 Å². The molecule has 0 radical (unpaired) electrons. The van der Waals surface area contributed by atoms with Crippen LogP contribution in [0, 0.1) is 13.8 Å². The molecule has 150 valence electrons. The Hall–Kier alpha value is -3.12. The van der Waals surface area contributed by atoms with Crippen LogP contribution in [-0.4, -0.2) is 21.3 Å². The monoisotopic (exact) mass is 391 g/mol. The summed E-state index contributed by atoms with van der Waals surface area (Å²) in [6.45, 7) is 8.13. The number of epoxide rings is 1. The number of aromatic nitrogens is 2. The van der Waals surface area contributed by atoms with Crippen molar-refractivity contribution in [1.29, 1.82) is 0 Å². The molecule has 3 aromatic rings. The van der Waals surface area contributed by atoms with Gasteiger partial charge in [-0.1, -0.05) is 13.8 Å². The van der Waals surface area contributed by atoms with Gasteiger partial charge in [0.25, 0.3) is 0 Å². The molecule has 1 aliphatic heterocycles. The lowest BCUT2D eigenvalue weighted by Crippen LogP contribution is -2.06. The Balaban J connectivity index is 1.49. The molecule has 6 nitrogen and oxygen atoms in total. The summed E-state index contributed by atoms with van der Waals surface area (Å²) in [5.74, 6) is 2.04. The predicted molar refractivity (Wildman–Crippen MR) is 111 cm³/mol. The van der Waals surface area contributed by atoms with E-state index in [0.29, 0.717) is 11.5 Å². The van der Waals surface area contributed by atoms with E-state index in [4.69, 9.17) is 9.47 Å². The summed E-state index contributed by atoms with van der Waals surface area (Å²) in [5, 5.41) is 13.4. The third kappa shape index (κ3) is 4.17. The predicted octanol–water partition coefficient (Wildman–Crippen LogP) is 5.22. The fourth-order valence-electron chi connectivity index (χ4n) is 3.44. The number of aryl methyl sites for hydroxylation is 2. The highest BCUT2D eigenvalue weighted by Gasteiger charge is 2.41. The molecule has 29 heavy (non-hydrogen) atoms. The van der Waals surface area contributed by atoms with Crippen molar-refractivity contribution in [2.24, 2.45) is 0 Å². The van der Waals surface area contributed by atoms with Gasteiger partial charge in [-0.15, -0.1) is 0 Å². The quantitative estimate of drug-likeness (QED) is 0.561. The van der Waals surface area contributed by atoms with Gasteiger partial charge in [0.05, 0.1) is 11.9 Å². The molecular formula is C23H25N3O3. The lowest BCUT2D eigenvalue weighted by atomic mass is 10.0. The first kappa shape index (κ1) is 19.2. The molecule has 1 aromatic heterocycles. The number of nitrogens with zero attached hydrogens (tertiary/aromatic N) is 2. The smallest absolute Gasteiger partial charge is 0.161 e. The van der Waals surface area contributed by atoms with Crippen LogP contribution in [-0.2, 0) is 4.74 Å². The Labute approximate surface area is 170 Å². The average Bonchev–Trinajstić information content (AvgIpc) is 3.45. The van der Waals surface area contributed by atoms with E-state index in [2.05, 4.69) is 15.3 Å². The van der Waals surface area contributed by atoms with E-state index in [-0.39, 0.29) is 18.2 Å². The fraction of sp³-hybridized carbons (Fsp3) is 0.304. The summed E-state index contributed by atoms with van der Waals surface area (Å²) >= 11 is 0. The molecule has 0 amide bonds. The lowest BCUT2D eigenvalue weighted by Gasteiger charge is -2.16. The Bertz CT molecular complexity index is 998. The van der Waals surface area contributed by atoms with Crippen LogP contribution in [0.4, 0.5) is 5.69 Å². The molecule has 6 heteroatoms. The highest BCUT2D eigenvalue weighted by molar-refractivity contribution is 5.57. The van der Waals surface area contributed by atoms with E-state index in [0.717, 1.165) is 33.8 Å². The van der Waals surface area contributed by atoms with Crippen molar-refractivity contribution in [1.82, 2.24) is 9.97 Å². The number of benzene rings is 2. The van der Waals surface area contributed by atoms with Crippen molar-refractivity contribution in [3.05, 3.63) is 71.3 Å². The van der Waals surface area contributed by atoms with E-state index in [1.54, 1.807) is 30.7 Å². The molecule has 2 aromatic carbocycles. The molecule has 0 saturated carbocycles. The molecule has 2 unspecified atom stereocenters. The molecule has 2 heterocycles. The Morgan fingerprint density at radius 1 is 1.10 bits per heavy atom. The van der Waals surface area contributed by atoms with Gasteiger partial charge >= 0.3 is 0 Å². The minimum absolute atomic E-state index is 0.0771. The van der Waals surface area contributed by atoms with Gasteiger partial charge in [0.1, 0.15) is 23.4 Å². The first-order valence-corrected chi connectivity index (χ1v) is 9.72. The van der Waals surface area contributed by atoms with E-state index >= 15 is 0 Å². The van der Waals surface area contributed by atoms with Gasteiger partial charge in [0.15, 0.2) is 6.23 Å². The molecule has 0 spiro atoms. The van der Waals surface area contributed by atoms with Gasteiger partial charge in [-0.05, 0) is 61.2 Å². The lowest BCUT2D eigenvalue weighted by molar-refractivity contribution is 0.383. The van der Waals surface area contributed by atoms with Crippen molar-refractivity contribution < 1.29 is 14.6 Å². The van der Waals surface area contributed by atoms with E-state index in [1.165, 1.54) is 0 Å². The second kappa shape index (κ2) is 7.72. The largest absolute Gasteiger partial charge is 0.508 e. The SMILES string of the molecule is Cc1cc(NC2OC2c2cnccn2)cc(C)c1Oc1ccc(O)c(C(C)C)c1. The minimum Gasteiger partial charge on any atom is -0.508 e. The van der Waals surface area contributed by atoms with E-state index < -0.39 is 0 Å². The molecule has 4 rings (SSSR count). The van der Waals surface area contributed by atoms with Crippen LogP contribution in [0.25, 0.3) is 0 Å². The second-order valence-electron chi connectivity index (χ2n) is 7.67. The first-order chi connectivity index (χ1) is 13.9. The summed E-state index contributed by atoms with van der Waals surface area (Å²) in [5.41, 5.74) is 4.70. The summed E-state index contributed by atoms with van der Waals surface area (Å²) in [4.78, 5) is 8.38. The Kier molecular flexibility index (Phi) is 5.11. The van der Waals surface area contributed by atoms with Crippen LogP contribution in [0.1, 0.15) is 48.3 Å². The fourth-order valence-corrected chi connectivity index (χ4v) is 3.44. The third-order valence-electron chi connectivity index (χ3n) is 4.98. The number of hydrogen-bond donors (Lipinski definition) is 2.